The molecule has 0 amide bonds. The lowest BCUT2D eigenvalue weighted by molar-refractivity contribution is -0.124. The Labute approximate surface area is 79.7 Å². The average molecular weight is 182 g/mol. The summed E-state index contributed by atoms with van der Waals surface area (Å²) in [4.78, 5) is 11.7. The van der Waals surface area contributed by atoms with E-state index < -0.39 is 0 Å². The molecule has 0 radical (unpaired) electrons. The largest absolute Gasteiger partial charge is 0.374 e. The highest BCUT2D eigenvalue weighted by Gasteiger charge is 2.43. The number of ketones is 1. The summed E-state index contributed by atoms with van der Waals surface area (Å²) in [5.41, 5.74) is 0. The van der Waals surface area contributed by atoms with E-state index in [0.29, 0.717) is 11.9 Å². The minimum atomic E-state index is 0.255. The molecule has 2 aliphatic rings. The molecule has 13 heavy (non-hydrogen) atoms. The quantitative estimate of drug-likeness (QED) is 0.667. The van der Waals surface area contributed by atoms with E-state index in [0.717, 1.165) is 32.1 Å². The van der Waals surface area contributed by atoms with Crippen LogP contribution in [0.1, 0.15) is 45.4 Å². The van der Waals surface area contributed by atoms with Crippen LogP contribution in [-0.2, 0) is 9.53 Å². The summed E-state index contributed by atoms with van der Waals surface area (Å²) < 4.78 is 5.67. The number of unbranched alkanes of at least 4 members (excludes halogenated alkanes) is 1. The van der Waals surface area contributed by atoms with Crippen LogP contribution in [0.15, 0.2) is 0 Å². The molecule has 0 N–H and O–H groups in total. The second kappa shape index (κ2) is 3.79. The molecule has 2 heteroatoms. The second-order valence-corrected chi connectivity index (χ2v) is 4.29. The van der Waals surface area contributed by atoms with Gasteiger partial charge in [0.2, 0.25) is 0 Å². The molecule has 2 saturated heterocycles. The Hall–Kier alpha value is -0.370. The van der Waals surface area contributed by atoms with E-state index in [-0.39, 0.29) is 12.0 Å². The Balaban J connectivity index is 1.84. The van der Waals surface area contributed by atoms with Crippen LogP contribution >= 0.6 is 0 Å². The zero-order chi connectivity index (χ0) is 9.26. The molecule has 0 saturated carbocycles. The van der Waals surface area contributed by atoms with Gasteiger partial charge < -0.3 is 4.74 Å². The number of rotatable bonds is 4. The van der Waals surface area contributed by atoms with Crippen molar-refractivity contribution in [3.8, 4) is 0 Å². The Morgan fingerprint density at radius 2 is 2.31 bits per heavy atom. The van der Waals surface area contributed by atoms with E-state index in [1.54, 1.807) is 0 Å². The molecule has 0 aromatic heterocycles. The van der Waals surface area contributed by atoms with Gasteiger partial charge in [0.15, 0.2) is 0 Å². The van der Waals surface area contributed by atoms with Crippen molar-refractivity contribution in [2.75, 3.05) is 0 Å². The first-order valence-electron chi connectivity index (χ1n) is 5.49. The van der Waals surface area contributed by atoms with Gasteiger partial charge >= 0.3 is 0 Å². The third kappa shape index (κ3) is 1.78. The number of hydrogen-bond donors (Lipinski definition) is 0. The average Bonchev–Trinajstić information content (AvgIpc) is 2.74. The Morgan fingerprint density at radius 3 is 2.85 bits per heavy atom. The lowest BCUT2D eigenvalue weighted by atomic mass is 9.84. The van der Waals surface area contributed by atoms with Gasteiger partial charge in [0, 0.05) is 12.3 Å². The smallest absolute Gasteiger partial charge is 0.138 e. The fraction of sp³-hybridized carbons (Fsp3) is 0.909. The molecular weight excluding hydrogens is 164 g/mol. The monoisotopic (exact) mass is 182 g/mol. The molecule has 74 valence electrons. The first-order chi connectivity index (χ1) is 6.31. The van der Waals surface area contributed by atoms with Crippen molar-refractivity contribution in [3.63, 3.8) is 0 Å². The number of fused-ring (bicyclic) bond motifs is 2. The van der Waals surface area contributed by atoms with Crippen molar-refractivity contribution in [1.82, 2.24) is 0 Å². The molecule has 2 fully saturated rings. The molecule has 0 aromatic rings. The van der Waals surface area contributed by atoms with Crippen molar-refractivity contribution in [3.05, 3.63) is 0 Å². The van der Waals surface area contributed by atoms with Gasteiger partial charge in [-0.15, -0.1) is 0 Å². The molecule has 0 aromatic carbocycles. The van der Waals surface area contributed by atoms with Crippen LogP contribution in [0, 0.1) is 5.92 Å². The van der Waals surface area contributed by atoms with E-state index >= 15 is 0 Å². The number of carbonyl (C=O) groups is 1. The highest BCUT2D eigenvalue weighted by atomic mass is 16.5. The second-order valence-electron chi connectivity index (χ2n) is 4.29. The summed E-state index contributed by atoms with van der Waals surface area (Å²) in [6.07, 6.45) is 6.95. The lowest BCUT2D eigenvalue weighted by Gasteiger charge is -2.16. The number of hydrogen-bond acceptors (Lipinski definition) is 2. The number of Topliss-reactive ketones (excluding diaryl/α,β-unsaturated/α-hetero) is 1. The van der Waals surface area contributed by atoms with Gasteiger partial charge in [-0.1, -0.05) is 13.3 Å². The minimum absolute atomic E-state index is 0.255. The molecule has 2 heterocycles. The first-order valence-corrected chi connectivity index (χ1v) is 5.49. The van der Waals surface area contributed by atoms with E-state index in [1.807, 2.05) is 0 Å². The van der Waals surface area contributed by atoms with Crippen LogP contribution in [-0.4, -0.2) is 18.0 Å². The molecule has 3 atom stereocenters. The number of carbonyl (C=O) groups excluding carboxylic acids is 1. The fourth-order valence-electron chi connectivity index (χ4n) is 2.51. The van der Waals surface area contributed by atoms with Gasteiger partial charge in [-0.2, -0.15) is 0 Å². The van der Waals surface area contributed by atoms with Crippen LogP contribution in [0.4, 0.5) is 0 Å². The predicted molar refractivity (Wildman–Crippen MR) is 50.5 cm³/mol. The van der Waals surface area contributed by atoms with E-state index in [4.69, 9.17) is 4.74 Å². The summed E-state index contributed by atoms with van der Waals surface area (Å²) in [5.74, 6) is 0.708. The first kappa shape index (κ1) is 9.20. The van der Waals surface area contributed by atoms with Crippen molar-refractivity contribution in [1.29, 1.82) is 0 Å². The Kier molecular flexibility index (Phi) is 2.68. The lowest BCUT2D eigenvalue weighted by Crippen LogP contribution is -2.25. The third-order valence-electron chi connectivity index (χ3n) is 3.30. The van der Waals surface area contributed by atoms with Crippen LogP contribution in [0.25, 0.3) is 0 Å². The van der Waals surface area contributed by atoms with Gasteiger partial charge in [-0.25, -0.2) is 0 Å². The SMILES string of the molecule is CCCCC(=O)C1CC2CCC1O2. The van der Waals surface area contributed by atoms with Crippen LogP contribution in [0.3, 0.4) is 0 Å². The molecule has 0 spiro atoms. The maximum atomic E-state index is 11.7. The molecule has 2 nitrogen and oxygen atoms in total. The Bertz CT molecular complexity index is 200. The minimum Gasteiger partial charge on any atom is -0.374 e. The standard InChI is InChI=1S/C11H18O2/c1-2-3-4-10(12)9-7-8-5-6-11(9)13-8/h8-9,11H,2-7H2,1H3. The number of ether oxygens (including phenoxy) is 1. The van der Waals surface area contributed by atoms with Crippen molar-refractivity contribution < 1.29 is 9.53 Å². The normalized spacial score (nSPS) is 36.8. The van der Waals surface area contributed by atoms with Gasteiger partial charge in [0.1, 0.15) is 5.78 Å². The summed E-state index contributed by atoms with van der Waals surface area (Å²) in [6, 6.07) is 0. The summed E-state index contributed by atoms with van der Waals surface area (Å²) in [5, 5.41) is 0. The van der Waals surface area contributed by atoms with Gasteiger partial charge in [-0.05, 0) is 25.7 Å². The highest BCUT2D eigenvalue weighted by molar-refractivity contribution is 5.82. The van der Waals surface area contributed by atoms with Gasteiger partial charge in [0.25, 0.3) is 0 Å². The molecule has 0 aliphatic carbocycles. The van der Waals surface area contributed by atoms with Crippen molar-refractivity contribution in [2.45, 2.75) is 57.7 Å². The van der Waals surface area contributed by atoms with E-state index in [9.17, 15) is 4.79 Å². The van der Waals surface area contributed by atoms with Crippen molar-refractivity contribution in [2.24, 2.45) is 5.92 Å². The zero-order valence-corrected chi connectivity index (χ0v) is 8.29. The molecule has 2 bridgehead atoms. The summed E-state index contributed by atoms with van der Waals surface area (Å²) >= 11 is 0. The maximum Gasteiger partial charge on any atom is 0.138 e. The molecule has 2 rings (SSSR count). The van der Waals surface area contributed by atoms with E-state index in [1.165, 1.54) is 6.42 Å². The van der Waals surface area contributed by atoms with Crippen LogP contribution in [0.2, 0.25) is 0 Å². The Morgan fingerprint density at radius 1 is 1.46 bits per heavy atom. The van der Waals surface area contributed by atoms with Crippen LogP contribution in [0.5, 0.6) is 0 Å². The molecule has 3 unspecified atom stereocenters. The summed E-state index contributed by atoms with van der Waals surface area (Å²) in [7, 11) is 0. The maximum absolute atomic E-state index is 11.7. The highest BCUT2D eigenvalue weighted by Crippen LogP contribution is 2.39. The van der Waals surface area contributed by atoms with Gasteiger partial charge in [0.05, 0.1) is 12.2 Å². The molecule has 2 aliphatic heterocycles. The predicted octanol–water partition coefficient (Wildman–Crippen LogP) is 2.31. The third-order valence-corrected chi connectivity index (χ3v) is 3.30. The van der Waals surface area contributed by atoms with Gasteiger partial charge in [-0.3, -0.25) is 4.79 Å². The zero-order valence-electron chi connectivity index (χ0n) is 8.29. The van der Waals surface area contributed by atoms with Crippen molar-refractivity contribution >= 4 is 5.78 Å². The molecular formula is C11H18O2. The van der Waals surface area contributed by atoms with Crippen LogP contribution < -0.4 is 0 Å². The fourth-order valence-corrected chi connectivity index (χ4v) is 2.51. The topological polar surface area (TPSA) is 26.3 Å². The van der Waals surface area contributed by atoms with E-state index in [2.05, 4.69) is 6.92 Å². The summed E-state index contributed by atoms with van der Waals surface area (Å²) in [6.45, 7) is 2.13.